The van der Waals surface area contributed by atoms with Gasteiger partial charge in [0.2, 0.25) is 5.89 Å². The number of likely N-dealkylation sites (tertiary alicyclic amines) is 1. The van der Waals surface area contributed by atoms with Gasteiger partial charge in [0.05, 0.1) is 15.9 Å². The Morgan fingerprint density at radius 1 is 1.33 bits per heavy atom. The van der Waals surface area contributed by atoms with E-state index in [9.17, 15) is 26.4 Å². The number of nitrogens with zero attached hydrogens (tertiary/aromatic N) is 3. The molecule has 2 unspecified atom stereocenters. The fraction of sp³-hybridized carbons (Fsp3) is 0.571. The highest BCUT2D eigenvalue weighted by molar-refractivity contribution is 7.90. The van der Waals surface area contributed by atoms with Crippen molar-refractivity contribution < 1.29 is 35.6 Å². The number of sulfone groups is 1. The van der Waals surface area contributed by atoms with E-state index in [1.165, 1.54) is 4.90 Å². The molecule has 1 amide bonds. The van der Waals surface area contributed by atoms with Gasteiger partial charge in [-0.1, -0.05) is 12.1 Å². The molecule has 1 saturated heterocycles. The Morgan fingerprint density at radius 2 is 2.06 bits per heavy atom. The maximum absolute atomic E-state index is 13.3. The van der Waals surface area contributed by atoms with Crippen LogP contribution in [0.3, 0.4) is 0 Å². The van der Waals surface area contributed by atoms with E-state index in [4.69, 9.17) is 9.26 Å². The number of amides is 1. The summed E-state index contributed by atoms with van der Waals surface area (Å²) in [6.45, 7) is 1.09. The molecular weight excluding hydrogens is 463 g/mol. The third kappa shape index (κ3) is 3.98. The fourth-order valence-corrected chi connectivity index (χ4v) is 5.07. The molecule has 0 spiro atoms. The zero-order valence-electron chi connectivity index (χ0n) is 18.0. The van der Waals surface area contributed by atoms with E-state index in [1.807, 2.05) is 6.92 Å². The minimum Gasteiger partial charge on any atom is -0.483 e. The summed E-state index contributed by atoms with van der Waals surface area (Å²) in [5.41, 5.74) is -0.751. The van der Waals surface area contributed by atoms with E-state index in [0.29, 0.717) is 18.3 Å². The highest BCUT2D eigenvalue weighted by atomic mass is 32.2. The number of piperidine rings is 1. The van der Waals surface area contributed by atoms with Crippen LogP contribution in [0.25, 0.3) is 0 Å². The highest BCUT2D eigenvalue weighted by Crippen LogP contribution is 2.59. The predicted octanol–water partition coefficient (Wildman–Crippen LogP) is 2.88. The molecule has 2 heterocycles. The molecule has 5 rings (SSSR count). The van der Waals surface area contributed by atoms with E-state index in [0.717, 1.165) is 43.7 Å². The van der Waals surface area contributed by atoms with Crippen molar-refractivity contribution in [3.8, 4) is 5.75 Å². The molecule has 8 nitrogen and oxygen atoms in total. The van der Waals surface area contributed by atoms with E-state index >= 15 is 0 Å². The van der Waals surface area contributed by atoms with Crippen molar-refractivity contribution in [2.75, 3.05) is 26.0 Å². The number of carbonyl (C=O) groups is 1. The number of hydrogen-bond donors (Lipinski definition) is 0. The maximum Gasteiger partial charge on any atom is 0.422 e. The SMILES string of the molecule is CC1(c2nc(C34CC3CN(C(=O)c3cc(S(C)(=O)=O)ccc3OCC(F)(F)F)C4)no2)CC1. The molecule has 3 aliphatic rings. The van der Waals surface area contributed by atoms with Crippen LogP contribution in [0.15, 0.2) is 27.6 Å². The number of fused-ring (bicyclic) bond motifs is 1. The van der Waals surface area contributed by atoms with Crippen molar-refractivity contribution in [2.24, 2.45) is 5.92 Å². The van der Waals surface area contributed by atoms with Crippen molar-refractivity contribution >= 4 is 15.7 Å². The standard InChI is InChI=1S/C21H22F3N3O5S/c1-19(5-6-19)18-25-17(26-32-18)20-8-12(20)9-27(10-20)16(28)14-7-13(33(2,29)30)3-4-15(14)31-11-21(22,23)24/h3-4,7,12H,5-6,8-11H2,1-2H3. The number of hydrogen-bond acceptors (Lipinski definition) is 7. The monoisotopic (exact) mass is 485 g/mol. The van der Waals surface area contributed by atoms with E-state index in [-0.39, 0.29) is 34.1 Å². The summed E-state index contributed by atoms with van der Waals surface area (Å²) in [6.07, 6.45) is -0.905. The first-order valence-corrected chi connectivity index (χ1v) is 12.4. The van der Waals surface area contributed by atoms with Gasteiger partial charge < -0.3 is 14.2 Å². The Hall–Kier alpha value is -2.63. The summed E-state index contributed by atoms with van der Waals surface area (Å²) in [6, 6.07) is 3.28. The summed E-state index contributed by atoms with van der Waals surface area (Å²) in [4.78, 5) is 19.2. The summed E-state index contributed by atoms with van der Waals surface area (Å²) < 4.78 is 72.3. The fourth-order valence-electron chi connectivity index (χ4n) is 4.42. The molecule has 33 heavy (non-hydrogen) atoms. The number of carbonyl (C=O) groups excluding carboxylic acids is 1. The van der Waals surface area contributed by atoms with Crippen molar-refractivity contribution in [1.29, 1.82) is 0 Å². The highest BCUT2D eigenvalue weighted by Gasteiger charge is 2.65. The average Bonchev–Trinajstić information content (AvgIpc) is 3.50. The summed E-state index contributed by atoms with van der Waals surface area (Å²) >= 11 is 0. The number of alkyl halides is 3. The van der Waals surface area contributed by atoms with Crippen molar-refractivity contribution in [2.45, 2.75) is 48.1 Å². The Labute approximate surface area is 188 Å². The van der Waals surface area contributed by atoms with Gasteiger partial charge in [-0.25, -0.2) is 8.42 Å². The van der Waals surface area contributed by atoms with Crippen LogP contribution in [0.5, 0.6) is 5.75 Å². The first kappa shape index (κ1) is 22.2. The van der Waals surface area contributed by atoms with Crippen LogP contribution >= 0.6 is 0 Å². The second-order valence-electron chi connectivity index (χ2n) is 9.56. The normalized spacial score (nSPS) is 25.6. The smallest absolute Gasteiger partial charge is 0.422 e. The average molecular weight is 485 g/mol. The van der Waals surface area contributed by atoms with Crippen LogP contribution < -0.4 is 4.74 Å². The van der Waals surface area contributed by atoms with Gasteiger partial charge in [0, 0.05) is 24.8 Å². The first-order valence-electron chi connectivity index (χ1n) is 10.5. The molecule has 1 aromatic heterocycles. The maximum atomic E-state index is 13.3. The Balaban J connectivity index is 1.40. The molecule has 178 valence electrons. The molecule has 0 bridgehead atoms. The predicted molar refractivity (Wildman–Crippen MR) is 108 cm³/mol. The molecule has 2 aromatic rings. The molecule has 3 fully saturated rings. The van der Waals surface area contributed by atoms with Gasteiger partial charge in [0.25, 0.3) is 5.91 Å². The summed E-state index contributed by atoms with van der Waals surface area (Å²) in [5, 5.41) is 4.15. The second kappa shape index (κ2) is 6.94. The lowest BCUT2D eigenvalue weighted by atomic mass is 10.1. The molecule has 0 N–H and O–H groups in total. The molecule has 2 aliphatic carbocycles. The lowest BCUT2D eigenvalue weighted by molar-refractivity contribution is -0.153. The van der Waals surface area contributed by atoms with Crippen LogP contribution in [0.1, 0.15) is 48.3 Å². The zero-order chi connectivity index (χ0) is 23.8. The lowest BCUT2D eigenvalue weighted by Gasteiger charge is -2.22. The third-order valence-corrected chi connectivity index (χ3v) is 7.93. The Bertz CT molecular complexity index is 1240. The molecule has 1 aliphatic heterocycles. The molecule has 0 radical (unpaired) electrons. The second-order valence-corrected chi connectivity index (χ2v) is 11.6. The lowest BCUT2D eigenvalue weighted by Crippen LogP contribution is -2.33. The first-order chi connectivity index (χ1) is 15.3. The molecule has 2 atom stereocenters. The van der Waals surface area contributed by atoms with E-state index in [2.05, 4.69) is 10.1 Å². The largest absolute Gasteiger partial charge is 0.483 e. The molecule has 12 heteroatoms. The van der Waals surface area contributed by atoms with Gasteiger partial charge >= 0.3 is 6.18 Å². The van der Waals surface area contributed by atoms with Gasteiger partial charge in [0.1, 0.15) is 5.75 Å². The van der Waals surface area contributed by atoms with E-state index < -0.39 is 33.9 Å². The minimum absolute atomic E-state index is 0.0861. The summed E-state index contributed by atoms with van der Waals surface area (Å²) in [5.74, 6) is 0.330. The van der Waals surface area contributed by atoms with Gasteiger partial charge in [-0.15, -0.1) is 0 Å². The molecule has 2 saturated carbocycles. The zero-order valence-corrected chi connectivity index (χ0v) is 18.8. The van der Waals surface area contributed by atoms with Crippen LogP contribution in [0.4, 0.5) is 13.2 Å². The quantitative estimate of drug-likeness (QED) is 0.620. The molecular formula is C21H22F3N3O5S. The van der Waals surface area contributed by atoms with Gasteiger partial charge in [-0.2, -0.15) is 18.2 Å². The number of rotatable bonds is 6. The van der Waals surface area contributed by atoms with Gasteiger partial charge in [0.15, 0.2) is 22.3 Å². The van der Waals surface area contributed by atoms with Gasteiger partial charge in [-0.05, 0) is 43.4 Å². The molecule has 1 aromatic carbocycles. The topological polar surface area (TPSA) is 103 Å². The Morgan fingerprint density at radius 3 is 2.70 bits per heavy atom. The number of aromatic nitrogens is 2. The van der Waals surface area contributed by atoms with Crippen molar-refractivity contribution in [3.05, 3.63) is 35.5 Å². The van der Waals surface area contributed by atoms with Crippen LogP contribution in [0.2, 0.25) is 0 Å². The van der Waals surface area contributed by atoms with E-state index in [1.54, 1.807) is 0 Å². The number of ether oxygens (including phenoxy) is 1. The minimum atomic E-state index is -4.61. The van der Waals surface area contributed by atoms with Crippen molar-refractivity contribution in [1.82, 2.24) is 15.0 Å². The summed E-state index contributed by atoms with van der Waals surface area (Å²) in [7, 11) is -3.69. The van der Waals surface area contributed by atoms with Crippen LogP contribution in [-0.4, -0.2) is 61.5 Å². The van der Waals surface area contributed by atoms with Crippen molar-refractivity contribution in [3.63, 3.8) is 0 Å². The van der Waals surface area contributed by atoms with Crippen LogP contribution in [-0.2, 0) is 20.7 Å². The van der Waals surface area contributed by atoms with Gasteiger partial charge in [-0.3, -0.25) is 4.79 Å². The Kier molecular flexibility index (Phi) is 4.66. The third-order valence-electron chi connectivity index (χ3n) is 6.82. The van der Waals surface area contributed by atoms with Crippen LogP contribution in [0, 0.1) is 5.92 Å². The number of benzene rings is 1. The number of halogens is 3.